The van der Waals surface area contributed by atoms with Crippen LogP contribution < -0.4 is 5.32 Å². The highest BCUT2D eigenvalue weighted by Crippen LogP contribution is 1.94. The maximum Gasteiger partial charge on any atom is 0.307 e. The fourth-order valence-electron chi connectivity index (χ4n) is 1.33. The van der Waals surface area contributed by atoms with Crippen LogP contribution in [0.4, 0.5) is 0 Å². The van der Waals surface area contributed by atoms with E-state index in [1.165, 1.54) is 7.11 Å². The highest BCUT2D eigenvalue weighted by molar-refractivity contribution is 14.0. The second-order valence-electron chi connectivity index (χ2n) is 3.84. The van der Waals surface area contributed by atoms with E-state index in [0.717, 1.165) is 31.9 Å². The van der Waals surface area contributed by atoms with Gasteiger partial charge in [-0.15, -0.1) is 24.0 Å². The van der Waals surface area contributed by atoms with E-state index in [1.54, 1.807) is 0 Å². The Balaban J connectivity index is 0. The lowest BCUT2D eigenvalue weighted by atomic mass is 10.3. The van der Waals surface area contributed by atoms with E-state index in [9.17, 15) is 4.79 Å². The summed E-state index contributed by atoms with van der Waals surface area (Å²) in [5.74, 6) is 0.630. The summed E-state index contributed by atoms with van der Waals surface area (Å²) >= 11 is 0. The van der Waals surface area contributed by atoms with Gasteiger partial charge in [0.15, 0.2) is 5.96 Å². The van der Waals surface area contributed by atoms with Crippen LogP contribution in [0.25, 0.3) is 0 Å². The Kier molecular flexibility index (Phi) is 14.2. The van der Waals surface area contributed by atoms with Crippen molar-refractivity contribution in [1.29, 1.82) is 0 Å². The summed E-state index contributed by atoms with van der Waals surface area (Å²) in [5, 5.41) is 3.21. The Hall–Kier alpha value is -0.530. The topological polar surface area (TPSA) is 53.9 Å². The average Bonchev–Trinajstić information content (AvgIpc) is 2.34. The van der Waals surface area contributed by atoms with Gasteiger partial charge in [0.1, 0.15) is 0 Å². The third kappa shape index (κ3) is 9.49. The van der Waals surface area contributed by atoms with Gasteiger partial charge in [-0.25, -0.2) is 0 Å². The molecule has 5 nitrogen and oxygen atoms in total. The molecule has 0 bridgehead atoms. The third-order valence-corrected chi connectivity index (χ3v) is 2.35. The van der Waals surface area contributed by atoms with Crippen molar-refractivity contribution in [2.75, 3.05) is 33.8 Å². The number of nitrogens with one attached hydrogen (secondary N) is 1. The molecule has 0 heterocycles. The van der Waals surface area contributed by atoms with E-state index in [4.69, 9.17) is 0 Å². The lowest BCUT2D eigenvalue weighted by Crippen LogP contribution is -2.39. The number of carbonyl (C=O) groups excluding carboxylic acids is 1. The van der Waals surface area contributed by atoms with Gasteiger partial charge >= 0.3 is 5.97 Å². The van der Waals surface area contributed by atoms with Crippen LogP contribution in [0.1, 0.15) is 33.1 Å². The van der Waals surface area contributed by atoms with Crippen LogP contribution >= 0.6 is 24.0 Å². The number of halogens is 1. The molecule has 1 N–H and O–H groups in total. The number of ether oxygens (including phenoxy) is 1. The van der Waals surface area contributed by atoms with Crippen LogP contribution in [-0.4, -0.2) is 50.6 Å². The minimum Gasteiger partial charge on any atom is -0.469 e. The number of carbonyl (C=O) groups is 1. The van der Waals surface area contributed by atoms with Gasteiger partial charge in [0.2, 0.25) is 0 Å². The molecule has 0 aromatic rings. The summed E-state index contributed by atoms with van der Waals surface area (Å²) in [5.41, 5.74) is 0. The van der Waals surface area contributed by atoms with Crippen LogP contribution in [0.5, 0.6) is 0 Å². The predicted octanol–water partition coefficient (Wildman–Crippen LogP) is 1.86. The zero-order chi connectivity index (χ0) is 13.1. The zero-order valence-electron chi connectivity index (χ0n) is 11.9. The van der Waals surface area contributed by atoms with Gasteiger partial charge in [0.25, 0.3) is 0 Å². The Labute approximate surface area is 127 Å². The summed E-state index contributed by atoms with van der Waals surface area (Å²) < 4.78 is 4.58. The van der Waals surface area contributed by atoms with Crippen molar-refractivity contribution in [3.8, 4) is 0 Å². The average molecular weight is 371 g/mol. The van der Waals surface area contributed by atoms with Gasteiger partial charge < -0.3 is 15.0 Å². The molecule has 0 unspecified atom stereocenters. The molecular formula is C12H26IN3O2. The fraction of sp³-hybridized carbons (Fsp3) is 0.833. The summed E-state index contributed by atoms with van der Waals surface area (Å²) in [7, 11) is 3.40. The van der Waals surface area contributed by atoms with Crippen molar-refractivity contribution >= 4 is 35.9 Å². The second-order valence-corrected chi connectivity index (χ2v) is 3.84. The lowest BCUT2D eigenvalue weighted by molar-refractivity contribution is -0.140. The monoisotopic (exact) mass is 371 g/mol. The van der Waals surface area contributed by atoms with E-state index in [2.05, 4.69) is 26.9 Å². The SMILES string of the molecule is CCCCN(C)C(=NCCC(=O)OC)NCC.I. The number of hydrogen-bond acceptors (Lipinski definition) is 3. The number of aliphatic imine (C=N–C) groups is 1. The molecule has 6 heteroatoms. The number of nitrogens with zero attached hydrogens (tertiary/aromatic N) is 2. The molecule has 0 atom stereocenters. The standard InChI is InChI=1S/C12H25N3O2.HI/c1-5-7-10-15(3)12(13-6-2)14-9-8-11(16)17-4;/h5-10H2,1-4H3,(H,13,14);1H. The lowest BCUT2D eigenvalue weighted by Gasteiger charge is -2.21. The Bertz CT molecular complexity index is 247. The third-order valence-electron chi connectivity index (χ3n) is 2.35. The Morgan fingerprint density at radius 1 is 1.39 bits per heavy atom. The molecule has 0 aromatic carbocycles. The number of guanidine groups is 1. The largest absolute Gasteiger partial charge is 0.469 e. The van der Waals surface area contributed by atoms with Crippen molar-refractivity contribution in [3.63, 3.8) is 0 Å². The molecule has 0 aliphatic rings. The number of methoxy groups -OCH3 is 1. The van der Waals surface area contributed by atoms with Crippen molar-refractivity contribution < 1.29 is 9.53 Å². The van der Waals surface area contributed by atoms with Crippen LogP contribution in [0.2, 0.25) is 0 Å². The maximum absolute atomic E-state index is 11.0. The van der Waals surface area contributed by atoms with Crippen LogP contribution in [0.15, 0.2) is 4.99 Å². The highest BCUT2D eigenvalue weighted by Gasteiger charge is 2.05. The molecule has 0 aromatic heterocycles. The van der Waals surface area contributed by atoms with Crippen molar-refractivity contribution in [3.05, 3.63) is 0 Å². The molecule has 0 rings (SSSR count). The zero-order valence-corrected chi connectivity index (χ0v) is 14.2. The highest BCUT2D eigenvalue weighted by atomic mass is 127. The van der Waals surface area contributed by atoms with Gasteiger partial charge in [-0.05, 0) is 13.3 Å². The first-order valence-electron chi connectivity index (χ1n) is 6.21. The van der Waals surface area contributed by atoms with Gasteiger partial charge in [-0.3, -0.25) is 9.79 Å². The Morgan fingerprint density at radius 2 is 2.06 bits per heavy atom. The van der Waals surface area contributed by atoms with Gasteiger partial charge in [-0.1, -0.05) is 13.3 Å². The first-order chi connectivity index (χ1) is 8.15. The number of hydrogen-bond donors (Lipinski definition) is 1. The smallest absolute Gasteiger partial charge is 0.307 e. The summed E-state index contributed by atoms with van der Waals surface area (Å²) in [6.07, 6.45) is 2.62. The molecule has 0 aliphatic heterocycles. The van der Waals surface area contributed by atoms with Crippen LogP contribution in [0, 0.1) is 0 Å². The van der Waals surface area contributed by atoms with E-state index in [1.807, 2.05) is 14.0 Å². The first-order valence-corrected chi connectivity index (χ1v) is 6.21. The molecule has 0 aliphatic carbocycles. The summed E-state index contributed by atoms with van der Waals surface area (Å²) in [6.45, 7) is 6.46. The molecule has 0 spiro atoms. The molecule has 0 radical (unpaired) electrons. The molecule has 108 valence electrons. The molecule has 0 fully saturated rings. The first kappa shape index (κ1) is 19.8. The number of rotatable bonds is 7. The van der Waals surface area contributed by atoms with E-state index in [0.29, 0.717) is 13.0 Å². The molecule has 0 amide bonds. The van der Waals surface area contributed by atoms with E-state index >= 15 is 0 Å². The van der Waals surface area contributed by atoms with Crippen molar-refractivity contribution in [2.45, 2.75) is 33.1 Å². The fourth-order valence-corrected chi connectivity index (χ4v) is 1.33. The number of esters is 1. The van der Waals surface area contributed by atoms with Gasteiger partial charge in [0, 0.05) is 20.1 Å². The van der Waals surface area contributed by atoms with Gasteiger partial charge in [0.05, 0.1) is 20.1 Å². The van der Waals surface area contributed by atoms with Crippen molar-refractivity contribution in [1.82, 2.24) is 10.2 Å². The quantitative estimate of drug-likeness (QED) is 0.321. The summed E-state index contributed by atoms with van der Waals surface area (Å²) in [4.78, 5) is 17.4. The molecule has 0 saturated heterocycles. The van der Waals surface area contributed by atoms with Gasteiger partial charge in [-0.2, -0.15) is 0 Å². The van der Waals surface area contributed by atoms with Crippen LogP contribution in [0.3, 0.4) is 0 Å². The Morgan fingerprint density at radius 3 is 2.56 bits per heavy atom. The molecule has 18 heavy (non-hydrogen) atoms. The maximum atomic E-state index is 11.0. The normalized spacial score (nSPS) is 10.6. The molecular weight excluding hydrogens is 345 g/mol. The minimum atomic E-state index is -0.221. The summed E-state index contributed by atoms with van der Waals surface area (Å²) in [6, 6.07) is 0. The van der Waals surface area contributed by atoms with E-state index < -0.39 is 0 Å². The van der Waals surface area contributed by atoms with E-state index in [-0.39, 0.29) is 29.9 Å². The van der Waals surface area contributed by atoms with Crippen molar-refractivity contribution in [2.24, 2.45) is 4.99 Å². The van der Waals surface area contributed by atoms with Crippen LogP contribution in [-0.2, 0) is 9.53 Å². The predicted molar refractivity (Wildman–Crippen MR) is 85.6 cm³/mol. The second kappa shape index (κ2) is 12.9. The molecule has 0 saturated carbocycles. The minimum absolute atomic E-state index is 0. The number of unbranched alkanes of at least 4 members (excludes halogenated alkanes) is 1.